The van der Waals surface area contributed by atoms with E-state index in [1.165, 1.54) is 6.92 Å². The number of halogens is 1. The van der Waals surface area contributed by atoms with Crippen LogP contribution in [0, 0.1) is 5.92 Å². The standard InChI is InChI=1S/C15H26ClNO7/c1-9(2)11(17-13(19)24-15(4,5)6)12(18)21-7-8-22-14(20)23-10(3)16/h9-11H,7-8H2,1-6H3,(H,17,19)/t10?,11-/m0/s1. The number of alkyl carbamates (subject to hydrolysis) is 1. The van der Waals surface area contributed by atoms with Crippen LogP contribution < -0.4 is 5.32 Å². The summed E-state index contributed by atoms with van der Waals surface area (Å²) in [5, 5.41) is 2.46. The van der Waals surface area contributed by atoms with Crippen LogP contribution in [0.1, 0.15) is 41.5 Å². The number of nitrogens with one attached hydrogen (secondary N) is 1. The van der Waals surface area contributed by atoms with E-state index >= 15 is 0 Å². The fourth-order valence-electron chi connectivity index (χ4n) is 1.46. The Morgan fingerprint density at radius 2 is 1.58 bits per heavy atom. The Labute approximate surface area is 147 Å². The molecule has 1 N–H and O–H groups in total. The Balaban J connectivity index is 4.31. The van der Waals surface area contributed by atoms with Crippen molar-refractivity contribution >= 4 is 29.8 Å². The number of carbonyl (C=O) groups excluding carboxylic acids is 3. The maximum Gasteiger partial charge on any atom is 0.509 e. The summed E-state index contributed by atoms with van der Waals surface area (Å²) < 4.78 is 19.3. The minimum absolute atomic E-state index is 0.177. The molecule has 0 aliphatic rings. The van der Waals surface area contributed by atoms with E-state index in [2.05, 4.69) is 14.8 Å². The lowest BCUT2D eigenvalue weighted by molar-refractivity contribution is -0.148. The van der Waals surface area contributed by atoms with E-state index < -0.39 is 35.4 Å². The average Bonchev–Trinajstić information content (AvgIpc) is 2.37. The van der Waals surface area contributed by atoms with Gasteiger partial charge in [0.15, 0.2) is 5.56 Å². The summed E-state index contributed by atoms with van der Waals surface area (Å²) in [6.45, 7) is 9.74. The van der Waals surface area contributed by atoms with Crippen molar-refractivity contribution < 1.29 is 33.3 Å². The minimum atomic E-state index is -0.958. The van der Waals surface area contributed by atoms with Crippen LogP contribution in [0.4, 0.5) is 9.59 Å². The predicted octanol–water partition coefficient (Wildman–Crippen LogP) is 2.82. The average molecular weight is 368 g/mol. The zero-order valence-electron chi connectivity index (χ0n) is 14.9. The van der Waals surface area contributed by atoms with Gasteiger partial charge < -0.3 is 24.3 Å². The number of hydrogen-bond acceptors (Lipinski definition) is 7. The maximum absolute atomic E-state index is 12.0. The molecule has 0 heterocycles. The fraction of sp³-hybridized carbons (Fsp3) is 0.800. The van der Waals surface area contributed by atoms with Crippen LogP contribution in [0.2, 0.25) is 0 Å². The van der Waals surface area contributed by atoms with Gasteiger partial charge in [0.25, 0.3) is 0 Å². The number of amides is 1. The normalized spacial score (nSPS) is 13.7. The molecule has 0 aliphatic heterocycles. The summed E-state index contributed by atoms with van der Waals surface area (Å²) in [5.41, 5.74) is -1.49. The lowest BCUT2D eigenvalue weighted by atomic mass is 10.1. The van der Waals surface area contributed by atoms with Crippen LogP contribution in [-0.2, 0) is 23.7 Å². The van der Waals surface area contributed by atoms with Gasteiger partial charge in [-0.3, -0.25) is 0 Å². The van der Waals surface area contributed by atoms with Crippen molar-refractivity contribution in [1.82, 2.24) is 5.32 Å². The van der Waals surface area contributed by atoms with E-state index in [1.54, 1.807) is 34.6 Å². The molecule has 0 aromatic rings. The van der Waals surface area contributed by atoms with Crippen molar-refractivity contribution in [2.75, 3.05) is 13.2 Å². The van der Waals surface area contributed by atoms with Gasteiger partial charge in [0.2, 0.25) is 0 Å². The third-order valence-electron chi connectivity index (χ3n) is 2.40. The molecule has 0 spiro atoms. The quantitative estimate of drug-likeness (QED) is 0.319. The van der Waals surface area contributed by atoms with Crippen molar-refractivity contribution in [2.24, 2.45) is 5.92 Å². The molecular weight excluding hydrogens is 342 g/mol. The minimum Gasteiger partial charge on any atom is -0.461 e. The molecule has 2 atom stereocenters. The van der Waals surface area contributed by atoms with Crippen LogP contribution in [0.25, 0.3) is 0 Å². The molecule has 0 aromatic heterocycles. The largest absolute Gasteiger partial charge is 0.509 e. The smallest absolute Gasteiger partial charge is 0.461 e. The van der Waals surface area contributed by atoms with E-state index in [0.29, 0.717) is 0 Å². The molecule has 1 unspecified atom stereocenters. The van der Waals surface area contributed by atoms with Crippen LogP contribution in [0.15, 0.2) is 0 Å². The third-order valence-corrected chi connectivity index (χ3v) is 2.49. The summed E-state index contributed by atoms with van der Waals surface area (Å²) in [5.74, 6) is -0.869. The van der Waals surface area contributed by atoms with Gasteiger partial charge in [-0.15, -0.1) is 0 Å². The summed E-state index contributed by atoms with van der Waals surface area (Å²) >= 11 is 5.45. The highest BCUT2D eigenvalue weighted by Gasteiger charge is 2.28. The Kier molecular flexibility index (Phi) is 9.50. The summed E-state index contributed by atoms with van der Waals surface area (Å²) in [4.78, 5) is 34.9. The lowest BCUT2D eigenvalue weighted by Gasteiger charge is -2.24. The topological polar surface area (TPSA) is 100 Å². The molecule has 0 saturated carbocycles. The lowest BCUT2D eigenvalue weighted by Crippen LogP contribution is -2.47. The highest BCUT2D eigenvalue weighted by molar-refractivity contribution is 6.19. The third kappa shape index (κ3) is 10.9. The fourth-order valence-corrected chi connectivity index (χ4v) is 1.53. The summed E-state index contributed by atoms with van der Waals surface area (Å²) in [6.07, 6.45) is -1.67. The van der Waals surface area contributed by atoms with Crippen LogP contribution in [-0.4, -0.2) is 48.6 Å². The zero-order valence-corrected chi connectivity index (χ0v) is 15.6. The molecule has 0 aromatic carbocycles. The van der Waals surface area contributed by atoms with Gasteiger partial charge in [0.1, 0.15) is 24.9 Å². The molecule has 9 heteroatoms. The van der Waals surface area contributed by atoms with Crippen molar-refractivity contribution in [3.8, 4) is 0 Å². The predicted molar refractivity (Wildman–Crippen MR) is 86.7 cm³/mol. The molecule has 0 rings (SSSR count). The molecule has 1 amide bonds. The highest BCUT2D eigenvalue weighted by Crippen LogP contribution is 2.09. The first kappa shape index (κ1) is 22.3. The van der Waals surface area contributed by atoms with E-state index in [1.807, 2.05) is 0 Å². The first-order valence-corrected chi connectivity index (χ1v) is 7.99. The molecule has 140 valence electrons. The number of alkyl halides is 1. The van der Waals surface area contributed by atoms with Gasteiger partial charge in [-0.2, -0.15) is 0 Å². The van der Waals surface area contributed by atoms with E-state index in [9.17, 15) is 14.4 Å². The van der Waals surface area contributed by atoms with Crippen LogP contribution >= 0.6 is 11.6 Å². The second-order valence-corrected chi connectivity index (χ2v) is 6.91. The Morgan fingerprint density at radius 3 is 2.04 bits per heavy atom. The zero-order chi connectivity index (χ0) is 18.9. The van der Waals surface area contributed by atoms with Crippen molar-refractivity contribution in [3.63, 3.8) is 0 Å². The van der Waals surface area contributed by atoms with Crippen molar-refractivity contribution in [2.45, 2.75) is 58.7 Å². The molecule has 0 radical (unpaired) electrons. The highest BCUT2D eigenvalue weighted by atomic mass is 35.5. The van der Waals surface area contributed by atoms with Gasteiger partial charge in [-0.1, -0.05) is 25.4 Å². The monoisotopic (exact) mass is 367 g/mol. The molecule has 0 fully saturated rings. The van der Waals surface area contributed by atoms with Gasteiger partial charge in [0, 0.05) is 0 Å². The molecule has 0 saturated heterocycles. The van der Waals surface area contributed by atoms with Gasteiger partial charge in [-0.25, -0.2) is 14.4 Å². The van der Waals surface area contributed by atoms with Crippen molar-refractivity contribution in [3.05, 3.63) is 0 Å². The van der Waals surface area contributed by atoms with Gasteiger partial charge in [0.05, 0.1) is 0 Å². The summed E-state index contributed by atoms with van der Waals surface area (Å²) in [6, 6.07) is -0.880. The number of esters is 1. The first-order valence-electron chi connectivity index (χ1n) is 7.56. The SMILES string of the molecule is CC(Cl)OC(=O)OCCOC(=O)[C@@H](NC(=O)OC(C)(C)C)C(C)C. The molecular formula is C15H26ClNO7. The summed E-state index contributed by atoms with van der Waals surface area (Å²) in [7, 11) is 0. The first-order chi connectivity index (χ1) is 10.9. The number of rotatable bonds is 7. The van der Waals surface area contributed by atoms with E-state index in [0.717, 1.165) is 0 Å². The molecule has 8 nitrogen and oxygen atoms in total. The Bertz CT molecular complexity index is 432. The number of hydrogen-bond donors (Lipinski definition) is 1. The number of carbonyl (C=O) groups is 3. The second kappa shape index (κ2) is 10.2. The van der Waals surface area contributed by atoms with Crippen molar-refractivity contribution in [1.29, 1.82) is 0 Å². The van der Waals surface area contributed by atoms with E-state index in [-0.39, 0.29) is 19.1 Å². The van der Waals surface area contributed by atoms with Crippen LogP contribution in [0.3, 0.4) is 0 Å². The van der Waals surface area contributed by atoms with Crippen LogP contribution in [0.5, 0.6) is 0 Å². The van der Waals surface area contributed by atoms with Gasteiger partial charge >= 0.3 is 18.2 Å². The maximum atomic E-state index is 12.0. The Hall–Kier alpha value is -1.70. The number of ether oxygens (including phenoxy) is 4. The molecule has 0 bridgehead atoms. The molecule has 0 aliphatic carbocycles. The van der Waals surface area contributed by atoms with Gasteiger partial charge in [-0.05, 0) is 33.6 Å². The Morgan fingerprint density at radius 1 is 1.04 bits per heavy atom. The van der Waals surface area contributed by atoms with E-state index in [4.69, 9.17) is 21.1 Å². The second-order valence-electron chi connectivity index (χ2n) is 6.29. The molecule has 24 heavy (non-hydrogen) atoms.